The normalized spacial score (nSPS) is 21.1. The minimum atomic E-state index is -0.178. The maximum atomic E-state index is 16.1. The van der Waals surface area contributed by atoms with Crippen LogP contribution >= 0.6 is 9.24 Å². The number of amides is 1. The van der Waals surface area contributed by atoms with E-state index in [1.54, 1.807) is 18.2 Å². The van der Waals surface area contributed by atoms with Crippen LogP contribution in [0.5, 0.6) is 11.5 Å². The summed E-state index contributed by atoms with van der Waals surface area (Å²) >= 11 is 0. The van der Waals surface area contributed by atoms with Crippen molar-refractivity contribution < 1.29 is 19.0 Å². The summed E-state index contributed by atoms with van der Waals surface area (Å²) < 4.78 is 22.3. The predicted molar refractivity (Wildman–Crippen MR) is 204 cm³/mol. The number of halogens is 1. The number of phenolic OH excluding ortho intramolecular Hbond substituents is 1. The third-order valence-corrected chi connectivity index (χ3v) is 12.0. The molecule has 0 radical (unpaired) electrons. The Hall–Kier alpha value is -4.07. The number of ether oxygens (including phenoxy) is 1. The fraction of sp³-hybridized carbons (Fsp3) is 0.375. The fourth-order valence-corrected chi connectivity index (χ4v) is 8.94. The lowest BCUT2D eigenvalue weighted by molar-refractivity contribution is 0.0966. The second-order valence-corrected chi connectivity index (χ2v) is 15.3. The number of phenols is 1. The standard InChI is InChI=1S/C40H45BFN4O3P/c1-24-16-26(2-6-33(24)41)32-23-49-37-19-29(47)4-5-30(37)39(32)27-3-7-35(34(42)17-27)45-10-8-25(9-11-45)22-44-12-14-46(15-13-44)36-18-28-21-43-40(48)31(28)20-38(36)50/h2-7,16-20,25,32,39,47H,8-15,21-23,41,50H2,1H3,(H,43,48). The molecule has 0 aliphatic carbocycles. The summed E-state index contributed by atoms with van der Waals surface area (Å²) in [5.74, 6) is 1.20. The molecule has 7 nitrogen and oxygen atoms in total. The summed E-state index contributed by atoms with van der Waals surface area (Å²) in [6.07, 6.45) is 2.10. The molecule has 10 heteroatoms. The van der Waals surface area contributed by atoms with Crippen molar-refractivity contribution >= 4 is 45.1 Å². The smallest absolute Gasteiger partial charge is 0.251 e. The zero-order valence-corrected chi connectivity index (χ0v) is 30.1. The van der Waals surface area contributed by atoms with Gasteiger partial charge in [-0.25, -0.2) is 4.39 Å². The van der Waals surface area contributed by atoms with E-state index >= 15 is 4.39 Å². The first-order chi connectivity index (χ1) is 24.2. The SMILES string of the molecule is Bc1ccc(C2COc3cc(O)ccc3C2c2ccc(N3CCC(CN4CCN(c5cc6c(cc5P)C(=O)NC6)CC4)CC3)c(F)c2)cc1C. The molecule has 4 aromatic rings. The topological polar surface area (TPSA) is 68.3 Å². The molecule has 2 fully saturated rings. The van der Waals surface area contributed by atoms with E-state index in [2.05, 4.69) is 74.4 Å². The van der Waals surface area contributed by atoms with Crippen LogP contribution in [0.25, 0.3) is 0 Å². The van der Waals surface area contributed by atoms with Crippen LogP contribution in [-0.2, 0) is 6.54 Å². The van der Waals surface area contributed by atoms with Crippen molar-refractivity contribution in [1.29, 1.82) is 0 Å². The van der Waals surface area contributed by atoms with Crippen LogP contribution < -0.4 is 30.6 Å². The Morgan fingerprint density at radius 3 is 2.44 bits per heavy atom. The van der Waals surface area contributed by atoms with E-state index in [1.165, 1.54) is 22.3 Å². The molecule has 8 rings (SSSR count). The minimum absolute atomic E-state index is 0.0218. The monoisotopic (exact) mass is 690 g/mol. The average molecular weight is 691 g/mol. The number of nitrogens with zero attached hydrogens (tertiary/aromatic N) is 3. The van der Waals surface area contributed by atoms with Gasteiger partial charge in [0.25, 0.3) is 5.91 Å². The van der Waals surface area contributed by atoms with Crippen molar-refractivity contribution in [2.24, 2.45) is 5.92 Å². The summed E-state index contributed by atoms with van der Waals surface area (Å²) in [6.45, 7) is 9.97. The second kappa shape index (κ2) is 13.6. The molecule has 0 aromatic heterocycles. The fourth-order valence-electron chi connectivity index (χ4n) is 8.51. The number of aryl methyl sites for hydroxylation is 1. The number of piperazine rings is 1. The van der Waals surface area contributed by atoms with E-state index in [-0.39, 0.29) is 29.3 Å². The number of hydrogen-bond acceptors (Lipinski definition) is 6. The molecule has 2 N–H and O–H groups in total. The molecule has 3 atom stereocenters. The predicted octanol–water partition coefficient (Wildman–Crippen LogP) is 4.19. The number of carbonyl (C=O) groups excluding carboxylic acids is 1. The zero-order chi connectivity index (χ0) is 34.5. The lowest BCUT2D eigenvalue weighted by Crippen LogP contribution is -2.49. The first kappa shape index (κ1) is 33.1. The van der Waals surface area contributed by atoms with E-state index in [9.17, 15) is 9.90 Å². The number of carbonyl (C=O) groups is 1. The van der Waals surface area contributed by atoms with Gasteiger partial charge >= 0.3 is 0 Å². The zero-order valence-electron chi connectivity index (χ0n) is 28.9. The quantitative estimate of drug-likeness (QED) is 0.234. The van der Waals surface area contributed by atoms with Crippen molar-refractivity contribution in [3.63, 3.8) is 0 Å². The maximum Gasteiger partial charge on any atom is 0.251 e. The summed E-state index contributed by atoms with van der Waals surface area (Å²) in [7, 11) is 4.93. The van der Waals surface area contributed by atoms with E-state index in [1.807, 2.05) is 18.2 Å². The number of rotatable bonds is 6. The highest BCUT2D eigenvalue weighted by Crippen LogP contribution is 2.47. The largest absolute Gasteiger partial charge is 0.508 e. The number of piperidine rings is 1. The van der Waals surface area contributed by atoms with E-state index in [0.29, 0.717) is 30.5 Å². The molecule has 0 bridgehead atoms. The van der Waals surface area contributed by atoms with E-state index in [0.717, 1.165) is 86.2 Å². The van der Waals surface area contributed by atoms with Gasteiger partial charge in [0.05, 0.1) is 12.3 Å². The summed E-state index contributed by atoms with van der Waals surface area (Å²) in [6, 6.07) is 21.8. The van der Waals surface area contributed by atoms with Crippen LogP contribution in [-0.4, -0.2) is 76.2 Å². The van der Waals surface area contributed by atoms with Crippen LogP contribution in [0.4, 0.5) is 15.8 Å². The Morgan fingerprint density at radius 1 is 0.920 bits per heavy atom. The number of nitrogens with one attached hydrogen (secondary N) is 1. The third kappa shape index (κ3) is 6.35. The van der Waals surface area contributed by atoms with Crippen molar-refractivity contribution in [2.75, 3.05) is 62.2 Å². The highest BCUT2D eigenvalue weighted by atomic mass is 31.0. The van der Waals surface area contributed by atoms with Crippen molar-refractivity contribution in [1.82, 2.24) is 10.2 Å². The Bertz CT molecular complexity index is 1940. The van der Waals surface area contributed by atoms with Crippen molar-refractivity contribution in [2.45, 2.75) is 38.1 Å². The van der Waals surface area contributed by atoms with Gasteiger partial charge in [-0.1, -0.05) is 41.4 Å². The van der Waals surface area contributed by atoms with E-state index in [4.69, 9.17) is 4.74 Å². The Kier molecular flexibility index (Phi) is 8.99. The van der Waals surface area contributed by atoms with Gasteiger partial charge in [0.2, 0.25) is 0 Å². The molecular formula is C40H45BFN4O3P. The molecule has 50 heavy (non-hydrogen) atoms. The van der Waals surface area contributed by atoms with Crippen LogP contribution in [0.1, 0.15) is 62.9 Å². The molecule has 4 heterocycles. The van der Waals surface area contributed by atoms with Gasteiger partial charge < -0.3 is 25.0 Å². The minimum Gasteiger partial charge on any atom is -0.508 e. The number of anilines is 2. The maximum absolute atomic E-state index is 16.1. The molecule has 2 saturated heterocycles. The van der Waals surface area contributed by atoms with Gasteiger partial charge in [-0.2, -0.15) is 0 Å². The highest BCUT2D eigenvalue weighted by molar-refractivity contribution is 7.28. The third-order valence-electron chi connectivity index (χ3n) is 11.6. The Balaban J connectivity index is 0.913. The van der Waals surface area contributed by atoms with Gasteiger partial charge in [0, 0.05) is 87.1 Å². The molecule has 258 valence electrons. The average Bonchev–Trinajstić information content (AvgIpc) is 3.48. The molecule has 0 saturated carbocycles. The molecular weight excluding hydrogens is 645 g/mol. The van der Waals surface area contributed by atoms with Crippen LogP contribution in [0.2, 0.25) is 0 Å². The van der Waals surface area contributed by atoms with Gasteiger partial charge in [-0.15, -0.1) is 9.24 Å². The first-order valence-corrected chi connectivity index (χ1v) is 18.5. The number of hydrogen-bond donors (Lipinski definition) is 2. The molecule has 4 aromatic carbocycles. The van der Waals surface area contributed by atoms with Gasteiger partial charge in [-0.3, -0.25) is 9.69 Å². The van der Waals surface area contributed by atoms with E-state index < -0.39 is 0 Å². The summed E-state index contributed by atoms with van der Waals surface area (Å²) in [4.78, 5) is 19.3. The van der Waals surface area contributed by atoms with Crippen molar-refractivity contribution in [3.8, 4) is 11.5 Å². The lowest BCUT2D eigenvalue weighted by atomic mass is 9.74. The van der Waals surface area contributed by atoms with Gasteiger partial charge in [0.15, 0.2) is 0 Å². The van der Waals surface area contributed by atoms with Gasteiger partial charge in [0.1, 0.15) is 25.2 Å². The number of aromatic hydroxyl groups is 1. The molecule has 0 spiro atoms. The Morgan fingerprint density at radius 2 is 1.68 bits per heavy atom. The molecule has 1 amide bonds. The molecule has 4 aliphatic heterocycles. The van der Waals surface area contributed by atoms with Crippen molar-refractivity contribution in [3.05, 3.63) is 106 Å². The number of fused-ring (bicyclic) bond motifs is 2. The van der Waals surface area contributed by atoms with Gasteiger partial charge in [-0.05, 0) is 78.0 Å². The summed E-state index contributed by atoms with van der Waals surface area (Å²) in [5.41, 5.74) is 9.34. The van der Waals surface area contributed by atoms with Crippen LogP contribution in [0.3, 0.4) is 0 Å². The number of benzene rings is 4. The second-order valence-electron chi connectivity index (χ2n) is 14.6. The van der Waals surface area contributed by atoms with Crippen LogP contribution in [0, 0.1) is 18.7 Å². The molecule has 3 unspecified atom stereocenters. The highest BCUT2D eigenvalue weighted by Gasteiger charge is 2.35. The van der Waals surface area contributed by atoms with Crippen LogP contribution in [0.15, 0.2) is 66.7 Å². The summed E-state index contributed by atoms with van der Waals surface area (Å²) in [5, 5.41) is 14.2. The first-order valence-electron chi connectivity index (χ1n) is 18.0. The Labute approximate surface area is 297 Å². The lowest BCUT2D eigenvalue weighted by Gasteiger charge is -2.40. The molecule has 4 aliphatic rings.